The van der Waals surface area contributed by atoms with Gasteiger partial charge < -0.3 is 0 Å². The van der Waals surface area contributed by atoms with E-state index in [2.05, 4.69) is 0 Å². The lowest BCUT2D eigenvalue weighted by Crippen LogP contribution is -1.95. The molecule has 0 heterocycles. The van der Waals surface area contributed by atoms with Crippen molar-refractivity contribution in [1.82, 2.24) is 0 Å². The van der Waals surface area contributed by atoms with E-state index in [1.165, 1.54) is 6.07 Å². The van der Waals surface area contributed by atoms with Gasteiger partial charge in [0.15, 0.2) is 17.5 Å². The molecule has 0 atom stereocenters. The van der Waals surface area contributed by atoms with Crippen molar-refractivity contribution in [3.63, 3.8) is 0 Å². The molecule has 0 aliphatic heterocycles. The number of halogens is 4. The zero-order valence-electron chi connectivity index (χ0n) is 11.1. The molecule has 0 spiro atoms. The number of aryl methyl sites for hydroxylation is 1. The van der Waals surface area contributed by atoms with Crippen LogP contribution in [0, 0.1) is 30.2 Å². The quantitative estimate of drug-likeness (QED) is 0.417. The van der Waals surface area contributed by atoms with Gasteiger partial charge in [0.25, 0.3) is 0 Å². The normalized spacial score (nSPS) is 11.1. The molecule has 3 aromatic carbocycles. The standard InChI is InChI=1S/C17H10F4/c1-9-2-4-10(5-3-9)11-6-12-8-14(19)16(20)17(21)15(12)13(18)7-11/h2-8H,1H3. The van der Waals surface area contributed by atoms with Crippen LogP contribution in [0.3, 0.4) is 0 Å². The van der Waals surface area contributed by atoms with Gasteiger partial charge in [-0.05, 0) is 41.6 Å². The first-order chi connectivity index (χ1) is 9.97. The van der Waals surface area contributed by atoms with Crippen LogP contribution in [0.25, 0.3) is 21.9 Å². The lowest BCUT2D eigenvalue weighted by Gasteiger charge is -2.08. The molecule has 0 nitrogen and oxygen atoms in total. The van der Waals surface area contributed by atoms with E-state index in [-0.39, 0.29) is 5.39 Å². The molecule has 0 aliphatic rings. The molecule has 106 valence electrons. The first-order valence-electron chi connectivity index (χ1n) is 6.31. The van der Waals surface area contributed by atoms with E-state index in [0.29, 0.717) is 11.1 Å². The first-order valence-corrected chi connectivity index (χ1v) is 6.31. The number of benzene rings is 3. The summed E-state index contributed by atoms with van der Waals surface area (Å²) in [6, 6.07) is 10.6. The predicted molar refractivity (Wildman–Crippen MR) is 74.0 cm³/mol. The molecular weight excluding hydrogens is 280 g/mol. The van der Waals surface area contributed by atoms with Crippen LogP contribution >= 0.6 is 0 Å². The molecule has 0 aliphatic carbocycles. The minimum atomic E-state index is -1.66. The van der Waals surface area contributed by atoms with Crippen molar-refractivity contribution >= 4 is 10.8 Å². The fourth-order valence-electron chi connectivity index (χ4n) is 2.30. The zero-order valence-corrected chi connectivity index (χ0v) is 11.1. The molecule has 4 heteroatoms. The van der Waals surface area contributed by atoms with Crippen LogP contribution in [0.15, 0.2) is 42.5 Å². The van der Waals surface area contributed by atoms with Crippen LogP contribution in [0.2, 0.25) is 0 Å². The van der Waals surface area contributed by atoms with E-state index in [1.807, 2.05) is 19.1 Å². The molecule has 0 aromatic heterocycles. The van der Waals surface area contributed by atoms with Crippen LogP contribution in [0.5, 0.6) is 0 Å². The van der Waals surface area contributed by atoms with Crippen molar-refractivity contribution in [1.29, 1.82) is 0 Å². The first kappa shape index (κ1) is 13.6. The Morgan fingerprint density at radius 1 is 0.667 bits per heavy atom. The van der Waals surface area contributed by atoms with Gasteiger partial charge in [-0.2, -0.15) is 0 Å². The molecule has 0 amide bonds. The van der Waals surface area contributed by atoms with E-state index in [4.69, 9.17) is 0 Å². The Morgan fingerprint density at radius 3 is 2.00 bits per heavy atom. The van der Waals surface area contributed by atoms with Crippen molar-refractivity contribution in [3.05, 3.63) is 71.3 Å². The third-order valence-electron chi connectivity index (χ3n) is 3.41. The molecule has 0 N–H and O–H groups in total. The maximum absolute atomic E-state index is 14.1. The van der Waals surface area contributed by atoms with Gasteiger partial charge in [0.05, 0.1) is 5.39 Å². The van der Waals surface area contributed by atoms with Crippen LogP contribution < -0.4 is 0 Å². The molecular formula is C17H10F4. The number of hydrogen-bond acceptors (Lipinski definition) is 0. The average Bonchev–Trinajstić information content (AvgIpc) is 2.45. The van der Waals surface area contributed by atoms with Gasteiger partial charge >= 0.3 is 0 Å². The summed E-state index contributed by atoms with van der Waals surface area (Å²) in [5, 5.41) is -0.549. The summed E-state index contributed by atoms with van der Waals surface area (Å²) in [5.74, 6) is -5.41. The molecule has 0 saturated carbocycles. The Balaban J connectivity index is 2.28. The second-order valence-corrected chi connectivity index (χ2v) is 4.91. The third-order valence-corrected chi connectivity index (χ3v) is 3.41. The van der Waals surface area contributed by atoms with Gasteiger partial charge in [-0.15, -0.1) is 0 Å². The van der Waals surface area contributed by atoms with Crippen LogP contribution in [-0.2, 0) is 0 Å². The predicted octanol–water partition coefficient (Wildman–Crippen LogP) is 5.37. The highest BCUT2D eigenvalue weighted by molar-refractivity contribution is 5.88. The van der Waals surface area contributed by atoms with Crippen molar-refractivity contribution in [2.45, 2.75) is 6.92 Å². The third kappa shape index (κ3) is 2.27. The van der Waals surface area contributed by atoms with E-state index in [0.717, 1.165) is 17.7 Å². The summed E-state index contributed by atoms with van der Waals surface area (Å²) < 4.78 is 54.2. The smallest absolute Gasteiger partial charge is 0.195 e. The second-order valence-electron chi connectivity index (χ2n) is 4.91. The van der Waals surface area contributed by atoms with E-state index in [9.17, 15) is 17.6 Å². The van der Waals surface area contributed by atoms with Gasteiger partial charge in [0, 0.05) is 0 Å². The minimum absolute atomic E-state index is 0.0121. The molecule has 3 rings (SSSR count). The number of fused-ring (bicyclic) bond motifs is 1. The maximum atomic E-state index is 14.1. The van der Waals surface area contributed by atoms with Crippen LogP contribution in [-0.4, -0.2) is 0 Å². The Hall–Kier alpha value is -2.36. The monoisotopic (exact) mass is 290 g/mol. The van der Waals surface area contributed by atoms with Crippen molar-refractivity contribution in [2.75, 3.05) is 0 Å². The van der Waals surface area contributed by atoms with Crippen LogP contribution in [0.4, 0.5) is 17.6 Å². The minimum Gasteiger partial charge on any atom is -0.206 e. The Kier molecular flexibility index (Phi) is 3.16. The van der Waals surface area contributed by atoms with Gasteiger partial charge in [0.1, 0.15) is 5.82 Å². The van der Waals surface area contributed by atoms with Crippen molar-refractivity contribution < 1.29 is 17.6 Å². The topological polar surface area (TPSA) is 0 Å². The molecule has 0 fully saturated rings. The van der Waals surface area contributed by atoms with Crippen LogP contribution in [0.1, 0.15) is 5.56 Å². The zero-order chi connectivity index (χ0) is 15.1. The highest BCUT2D eigenvalue weighted by Crippen LogP contribution is 2.30. The molecule has 0 bridgehead atoms. The SMILES string of the molecule is Cc1ccc(-c2cc(F)c3c(F)c(F)c(F)cc3c2)cc1. The Bertz CT molecular complexity index is 836. The molecule has 3 aromatic rings. The highest BCUT2D eigenvalue weighted by Gasteiger charge is 2.17. The molecule has 0 saturated heterocycles. The van der Waals surface area contributed by atoms with Crippen molar-refractivity contribution in [2.24, 2.45) is 0 Å². The summed E-state index contributed by atoms with van der Waals surface area (Å²) in [6.07, 6.45) is 0. The average molecular weight is 290 g/mol. The second kappa shape index (κ2) is 4.88. The van der Waals surface area contributed by atoms with Crippen molar-refractivity contribution in [3.8, 4) is 11.1 Å². The lowest BCUT2D eigenvalue weighted by molar-refractivity contribution is 0.451. The van der Waals surface area contributed by atoms with Gasteiger partial charge in [-0.1, -0.05) is 29.8 Å². The molecule has 0 radical (unpaired) electrons. The fourth-order valence-corrected chi connectivity index (χ4v) is 2.30. The van der Waals surface area contributed by atoms with E-state index >= 15 is 0 Å². The van der Waals surface area contributed by atoms with Gasteiger partial charge in [-0.3, -0.25) is 0 Å². The molecule has 21 heavy (non-hydrogen) atoms. The van der Waals surface area contributed by atoms with Gasteiger partial charge in [-0.25, -0.2) is 17.6 Å². The highest BCUT2D eigenvalue weighted by atomic mass is 19.2. The maximum Gasteiger partial charge on any atom is 0.195 e. The summed E-state index contributed by atoms with van der Waals surface area (Å²) in [4.78, 5) is 0. The summed E-state index contributed by atoms with van der Waals surface area (Å²) in [7, 11) is 0. The summed E-state index contributed by atoms with van der Waals surface area (Å²) in [6.45, 7) is 1.91. The summed E-state index contributed by atoms with van der Waals surface area (Å²) in [5.41, 5.74) is 2.23. The van der Waals surface area contributed by atoms with Gasteiger partial charge in [0.2, 0.25) is 0 Å². The molecule has 0 unspecified atom stereocenters. The summed E-state index contributed by atoms with van der Waals surface area (Å²) >= 11 is 0. The van der Waals surface area contributed by atoms with E-state index < -0.39 is 28.7 Å². The Morgan fingerprint density at radius 2 is 1.33 bits per heavy atom. The lowest BCUT2D eigenvalue weighted by atomic mass is 9.99. The number of rotatable bonds is 1. The largest absolute Gasteiger partial charge is 0.206 e. The number of hydrogen-bond donors (Lipinski definition) is 0. The van der Waals surface area contributed by atoms with E-state index in [1.54, 1.807) is 12.1 Å². The Labute approximate surface area is 118 Å². The fraction of sp³-hybridized carbons (Fsp3) is 0.0588.